The number of H-pyrrole nitrogens is 1. The lowest BCUT2D eigenvalue weighted by Gasteiger charge is -2.35. The second kappa shape index (κ2) is 7.02. The van der Waals surface area contributed by atoms with E-state index in [9.17, 15) is 4.79 Å². The lowest BCUT2D eigenvalue weighted by Crippen LogP contribution is -2.53. The lowest BCUT2D eigenvalue weighted by molar-refractivity contribution is 0.0162. The van der Waals surface area contributed by atoms with E-state index in [0.717, 1.165) is 17.7 Å². The minimum Gasteiger partial charge on any atom is -0.497 e. The number of carbonyl (C=O) groups is 1. The molecule has 1 fully saturated rings. The number of amides is 1. The highest BCUT2D eigenvalue weighted by atomic mass is 16.5. The van der Waals surface area contributed by atoms with E-state index in [4.69, 9.17) is 15.2 Å². The van der Waals surface area contributed by atoms with Gasteiger partial charge >= 0.3 is 0 Å². The maximum Gasteiger partial charge on any atom is 0.257 e. The SMILES string of the molecule is COc1cccc(-c2[nH]ncc2C(=O)N2CC[C@H](N)[C@H](OC)C2)c1. The van der Waals surface area contributed by atoms with Gasteiger partial charge in [-0.3, -0.25) is 9.89 Å². The van der Waals surface area contributed by atoms with Gasteiger partial charge < -0.3 is 20.1 Å². The van der Waals surface area contributed by atoms with E-state index in [1.165, 1.54) is 0 Å². The number of methoxy groups -OCH3 is 2. The first-order valence-electron chi connectivity index (χ1n) is 7.89. The van der Waals surface area contributed by atoms with Crippen LogP contribution in [0.2, 0.25) is 0 Å². The Morgan fingerprint density at radius 3 is 3.00 bits per heavy atom. The summed E-state index contributed by atoms with van der Waals surface area (Å²) < 4.78 is 10.6. The van der Waals surface area contributed by atoms with Crippen LogP contribution < -0.4 is 10.5 Å². The lowest BCUT2D eigenvalue weighted by atomic mass is 10.0. The number of benzene rings is 1. The topological polar surface area (TPSA) is 93.5 Å². The van der Waals surface area contributed by atoms with Crippen LogP contribution in [0.15, 0.2) is 30.5 Å². The molecule has 3 rings (SSSR count). The Morgan fingerprint density at radius 1 is 1.42 bits per heavy atom. The molecule has 7 nitrogen and oxygen atoms in total. The zero-order valence-corrected chi connectivity index (χ0v) is 13.9. The number of piperidine rings is 1. The monoisotopic (exact) mass is 330 g/mol. The van der Waals surface area contributed by atoms with Crippen LogP contribution in [-0.4, -0.2) is 60.5 Å². The molecule has 0 saturated carbocycles. The molecule has 2 heterocycles. The van der Waals surface area contributed by atoms with E-state index in [1.54, 1.807) is 25.3 Å². The average Bonchev–Trinajstić information content (AvgIpc) is 3.11. The number of hydrogen-bond donors (Lipinski definition) is 2. The first-order chi connectivity index (χ1) is 11.6. The van der Waals surface area contributed by atoms with Gasteiger partial charge in [-0.1, -0.05) is 12.1 Å². The molecule has 2 aromatic rings. The third kappa shape index (κ3) is 3.13. The second-order valence-corrected chi connectivity index (χ2v) is 5.87. The van der Waals surface area contributed by atoms with Crippen molar-refractivity contribution in [2.45, 2.75) is 18.6 Å². The number of nitrogens with zero attached hydrogens (tertiary/aromatic N) is 2. The Labute approximate surface area is 140 Å². The van der Waals surface area contributed by atoms with E-state index in [-0.39, 0.29) is 18.1 Å². The minimum atomic E-state index is -0.144. The molecule has 24 heavy (non-hydrogen) atoms. The molecule has 2 atom stereocenters. The summed E-state index contributed by atoms with van der Waals surface area (Å²) in [6.45, 7) is 1.10. The standard InChI is InChI=1S/C17H22N4O3/c1-23-12-5-3-4-11(8-12)16-13(9-19-20-16)17(22)21-7-6-14(18)15(10-21)24-2/h3-5,8-9,14-15H,6-7,10,18H2,1-2H3,(H,19,20)/t14-,15+/m0/s1. The smallest absolute Gasteiger partial charge is 0.257 e. The van der Waals surface area contributed by atoms with Gasteiger partial charge in [0.1, 0.15) is 5.75 Å². The highest BCUT2D eigenvalue weighted by Crippen LogP contribution is 2.26. The molecule has 1 amide bonds. The van der Waals surface area contributed by atoms with Gasteiger partial charge in [-0.25, -0.2) is 0 Å². The first-order valence-corrected chi connectivity index (χ1v) is 7.89. The molecule has 0 spiro atoms. The van der Waals surface area contributed by atoms with Gasteiger partial charge in [-0.2, -0.15) is 5.10 Å². The van der Waals surface area contributed by atoms with Crippen LogP contribution in [0.3, 0.4) is 0 Å². The molecule has 1 aliphatic rings. The Balaban J connectivity index is 1.85. The fourth-order valence-electron chi connectivity index (χ4n) is 2.99. The molecule has 0 unspecified atom stereocenters. The number of aromatic amines is 1. The number of carbonyl (C=O) groups excluding carboxylic acids is 1. The van der Waals surface area contributed by atoms with Crippen LogP contribution in [0, 0.1) is 0 Å². The van der Waals surface area contributed by atoms with Gasteiger partial charge in [0.15, 0.2) is 0 Å². The summed E-state index contributed by atoms with van der Waals surface area (Å²) in [6.07, 6.45) is 2.14. The number of nitrogens with one attached hydrogen (secondary N) is 1. The van der Waals surface area contributed by atoms with Crippen LogP contribution >= 0.6 is 0 Å². The predicted octanol–water partition coefficient (Wildman–Crippen LogP) is 1.27. The van der Waals surface area contributed by atoms with Crippen molar-refractivity contribution in [2.24, 2.45) is 5.73 Å². The van der Waals surface area contributed by atoms with Crippen molar-refractivity contribution in [1.82, 2.24) is 15.1 Å². The van der Waals surface area contributed by atoms with Crippen LogP contribution in [0.1, 0.15) is 16.8 Å². The number of rotatable bonds is 4. The molecule has 7 heteroatoms. The maximum atomic E-state index is 12.9. The van der Waals surface area contributed by atoms with E-state index in [1.807, 2.05) is 24.3 Å². The molecule has 1 aliphatic heterocycles. The highest BCUT2D eigenvalue weighted by Gasteiger charge is 2.31. The molecule has 3 N–H and O–H groups in total. The predicted molar refractivity (Wildman–Crippen MR) is 89.9 cm³/mol. The summed E-state index contributed by atoms with van der Waals surface area (Å²) in [7, 11) is 3.23. The van der Waals surface area contributed by atoms with Crippen molar-refractivity contribution < 1.29 is 14.3 Å². The fourth-order valence-corrected chi connectivity index (χ4v) is 2.99. The normalized spacial score (nSPS) is 20.9. The second-order valence-electron chi connectivity index (χ2n) is 5.87. The van der Waals surface area contributed by atoms with Crippen LogP contribution in [0.25, 0.3) is 11.3 Å². The van der Waals surface area contributed by atoms with E-state index < -0.39 is 0 Å². The quantitative estimate of drug-likeness (QED) is 0.880. The van der Waals surface area contributed by atoms with E-state index in [0.29, 0.717) is 24.3 Å². The van der Waals surface area contributed by atoms with Crippen LogP contribution in [-0.2, 0) is 4.74 Å². The highest BCUT2D eigenvalue weighted by molar-refractivity contribution is 5.99. The minimum absolute atomic E-state index is 0.0405. The van der Waals surface area contributed by atoms with Gasteiger partial charge in [0, 0.05) is 31.8 Å². The molecule has 1 saturated heterocycles. The van der Waals surface area contributed by atoms with Gasteiger partial charge in [-0.05, 0) is 18.6 Å². The summed E-state index contributed by atoms with van der Waals surface area (Å²) >= 11 is 0. The number of nitrogens with two attached hydrogens (primary N) is 1. The molecule has 0 aliphatic carbocycles. The Morgan fingerprint density at radius 2 is 2.25 bits per heavy atom. The summed E-state index contributed by atoms with van der Waals surface area (Å²) in [4.78, 5) is 14.7. The van der Waals surface area contributed by atoms with Crippen molar-refractivity contribution in [2.75, 3.05) is 27.3 Å². The average molecular weight is 330 g/mol. The van der Waals surface area contributed by atoms with Gasteiger partial charge in [0.05, 0.1) is 30.7 Å². The maximum absolute atomic E-state index is 12.9. The van der Waals surface area contributed by atoms with Crippen molar-refractivity contribution in [3.05, 3.63) is 36.0 Å². The summed E-state index contributed by atoms with van der Waals surface area (Å²) in [5.74, 6) is 0.652. The van der Waals surface area contributed by atoms with E-state index in [2.05, 4.69) is 10.2 Å². The van der Waals surface area contributed by atoms with Crippen molar-refractivity contribution >= 4 is 5.91 Å². The van der Waals surface area contributed by atoms with Gasteiger partial charge in [0.2, 0.25) is 0 Å². The van der Waals surface area contributed by atoms with Crippen LogP contribution in [0.5, 0.6) is 5.75 Å². The zero-order valence-electron chi connectivity index (χ0n) is 13.9. The van der Waals surface area contributed by atoms with Crippen molar-refractivity contribution in [3.63, 3.8) is 0 Å². The number of ether oxygens (including phenoxy) is 2. The van der Waals surface area contributed by atoms with Crippen molar-refractivity contribution in [3.8, 4) is 17.0 Å². The fraction of sp³-hybridized carbons (Fsp3) is 0.412. The third-order valence-electron chi connectivity index (χ3n) is 4.43. The Hall–Kier alpha value is -2.38. The summed E-state index contributed by atoms with van der Waals surface area (Å²) in [5, 5.41) is 6.97. The Kier molecular flexibility index (Phi) is 4.82. The number of likely N-dealkylation sites (tertiary alicyclic amines) is 1. The van der Waals surface area contributed by atoms with E-state index >= 15 is 0 Å². The molecule has 0 radical (unpaired) electrons. The third-order valence-corrected chi connectivity index (χ3v) is 4.43. The number of hydrogen-bond acceptors (Lipinski definition) is 5. The largest absolute Gasteiger partial charge is 0.497 e. The first kappa shape index (κ1) is 16.5. The Bertz CT molecular complexity index is 715. The molecule has 1 aromatic heterocycles. The van der Waals surface area contributed by atoms with Gasteiger partial charge in [0.25, 0.3) is 5.91 Å². The molecule has 128 valence electrons. The zero-order chi connectivity index (χ0) is 17.1. The molecular formula is C17H22N4O3. The summed E-state index contributed by atoms with van der Waals surface area (Å²) in [6, 6.07) is 7.48. The molecule has 0 bridgehead atoms. The number of aromatic nitrogens is 2. The molecular weight excluding hydrogens is 308 g/mol. The van der Waals surface area contributed by atoms with Crippen LogP contribution in [0.4, 0.5) is 0 Å². The molecule has 1 aromatic carbocycles. The van der Waals surface area contributed by atoms with Gasteiger partial charge in [-0.15, -0.1) is 0 Å². The summed E-state index contributed by atoms with van der Waals surface area (Å²) in [5.41, 5.74) is 8.10. The van der Waals surface area contributed by atoms with Crippen molar-refractivity contribution in [1.29, 1.82) is 0 Å².